The van der Waals surface area contributed by atoms with E-state index in [1.165, 1.54) is 0 Å². The summed E-state index contributed by atoms with van der Waals surface area (Å²) in [6.07, 6.45) is 1.88. The van der Waals surface area contributed by atoms with Gasteiger partial charge in [-0.25, -0.2) is 9.00 Å². The topological polar surface area (TPSA) is 309 Å². The van der Waals surface area contributed by atoms with Gasteiger partial charge < -0.3 is 52.8 Å². The van der Waals surface area contributed by atoms with Crippen LogP contribution >= 0.6 is 0 Å². The van der Waals surface area contributed by atoms with Gasteiger partial charge in [0, 0.05) is 48.8 Å². The van der Waals surface area contributed by atoms with Crippen molar-refractivity contribution in [1.29, 1.82) is 0 Å². The summed E-state index contributed by atoms with van der Waals surface area (Å²) in [5.41, 5.74) is 10.3. The summed E-state index contributed by atoms with van der Waals surface area (Å²) >= 11 is -1.87. The molecule has 0 aromatic heterocycles. The van der Waals surface area contributed by atoms with E-state index in [1.54, 1.807) is 58.9 Å². The zero-order chi connectivity index (χ0) is 40.8. The molecule has 0 aliphatic carbocycles. The standard InChI is InChI=1S/C21H32N6O6.C13H25NO5S/c22-10-12-24-15-6-4-14(5-7-15)20(31)25-11-2-1-3-16(19(23)30)27-18(29)9-8-17(21(32)33)26-13-28;1-9(6-7-20(18)19)14-10(15)12(2,3)8-13(4,5)11(16)17/h4-7,13,16-17,24H,1-3,8-12,22H2,(H2,23,30)(H,25,31)(H,26,28)(H,27,29)(H,32,33);9H,6-8H2,1-5H3,(H,14,15)(H,16,17)(H,18,19)/t16-,17?;/m0./s1. The van der Waals surface area contributed by atoms with Gasteiger partial charge in [0.1, 0.15) is 12.1 Å². The van der Waals surface area contributed by atoms with Crippen molar-refractivity contribution in [3.05, 3.63) is 29.8 Å². The van der Waals surface area contributed by atoms with Crippen molar-refractivity contribution in [2.24, 2.45) is 22.3 Å². The number of carboxylic acid groups (broad SMARTS) is 2. The maximum Gasteiger partial charge on any atom is 0.326 e. The molecule has 12 N–H and O–H groups in total. The fourth-order valence-corrected chi connectivity index (χ4v) is 5.51. The number of rotatable bonds is 25. The molecule has 0 radical (unpaired) electrons. The van der Waals surface area contributed by atoms with E-state index >= 15 is 0 Å². The average Bonchev–Trinajstić information content (AvgIpc) is 3.07. The number of nitrogens with two attached hydrogens (primary N) is 2. The number of carboxylic acids is 2. The van der Waals surface area contributed by atoms with Crippen LogP contribution in [0.4, 0.5) is 5.69 Å². The van der Waals surface area contributed by atoms with Gasteiger partial charge in [0.15, 0.2) is 11.1 Å². The van der Waals surface area contributed by atoms with E-state index in [2.05, 4.69) is 26.6 Å². The molecule has 18 nitrogen and oxygen atoms in total. The molecule has 0 saturated heterocycles. The Bertz CT molecular complexity index is 1390. The Labute approximate surface area is 312 Å². The summed E-state index contributed by atoms with van der Waals surface area (Å²) in [7, 11) is 0. The number of aliphatic carboxylic acids is 2. The van der Waals surface area contributed by atoms with E-state index in [0.29, 0.717) is 44.5 Å². The Hall–Kier alpha value is -4.62. The van der Waals surface area contributed by atoms with Crippen LogP contribution in [0, 0.1) is 10.8 Å². The molecular weight excluding hydrogens is 714 g/mol. The van der Waals surface area contributed by atoms with Crippen molar-refractivity contribution in [3.63, 3.8) is 0 Å². The van der Waals surface area contributed by atoms with Crippen LogP contribution in [-0.2, 0) is 39.8 Å². The van der Waals surface area contributed by atoms with Gasteiger partial charge in [0.25, 0.3) is 5.91 Å². The second-order valence-electron chi connectivity index (χ2n) is 13.7. The number of primary amides is 1. The zero-order valence-electron chi connectivity index (χ0n) is 31.1. The van der Waals surface area contributed by atoms with Gasteiger partial charge in [0.2, 0.25) is 24.1 Å². The highest BCUT2D eigenvalue weighted by Crippen LogP contribution is 2.34. The number of anilines is 1. The second kappa shape index (κ2) is 24.6. The quantitative estimate of drug-likeness (QED) is 0.0369. The minimum atomic E-state index is -1.87. The van der Waals surface area contributed by atoms with Crippen LogP contribution in [0.15, 0.2) is 24.3 Å². The molecule has 0 spiro atoms. The minimum Gasteiger partial charge on any atom is -0.481 e. The lowest BCUT2D eigenvalue weighted by Gasteiger charge is -2.32. The lowest BCUT2D eigenvalue weighted by atomic mass is 9.74. The molecule has 5 amide bonds. The summed E-state index contributed by atoms with van der Waals surface area (Å²) < 4.78 is 19.3. The molecule has 0 saturated carbocycles. The van der Waals surface area contributed by atoms with Crippen LogP contribution in [0.2, 0.25) is 0 Å². The zero-order valence-corrected chi connectivity index (χ0v) is 31.9. The van der Waals surface area contributed by atoms with Crippen LogP contribution < -0.4 is 38.1 Å². The van der Waals surface area contributed by atoms with Gasteiger partial charge in [-0.2, -0.15) is 0 Å². The Morgan fingerprint density at radius 2 is 1.51 bits per heavy atom. The number of hydrogen-bond acceptors (Lipinski definition) is 10. The third-order valence-electron chi connectivity index (χ3n) is 7.91. The van der Waals surface area contributed by atoms with Crippen molar-refractivity contribution in [2.75, 3.05) is 30.7 Å². The maximum absolute atomic E-state index is 12.2. The number of unbranched alkanes of at least 4 members (excludes halogenated alkanes) is 1. The van der Waals surface area contributed by atoms with Gasteiger partial charge in [-0.05, 0) is 83.6 Å². The number of carbonyl (C=O) groups is 7. The molecular formula is C34H57N7O11S. The monoisotopic (exact) mass is 771 g/mol. The first kappa shape index (κ1) is 48.4. The molecule has 0 aliphatic heterocycles. The first-order valence-electron chi connectivity index (χ1n) is 17.1. The van der Waals surface area contributed by atoms with Crippen molar-refractivity contribution >= 4 is 58.7 Å². The summed E-state index contributed by atoms with van der Waals surface area (Å²) in [6.45, 7) is 9.84. The number of carbonyl (C=O) groups excluding carboxylic acids is 5. The lowest BCUT2D eigenvalue weighted by Crippen LogP contribution is -2.45. The molecule has 3 unspecified atom stereocenters. The van der Waals surface area contributed by atoms with Crippen molar-refractivity contribution < 1.29 is 52.5 Å². The molecule has 300 valence electrons. The van der Waals surface area contributed by atoms with E-state index in [-0.39, 0.29) is 55.7 Å². The molecule has 0 aliphatic rings. The van der Waals surface area contributed by atoms with Crippen LogP contribution in [0.25, 0.3) is 0 Å². The lowest BCUT2D eigenvalue weighted by molar-refractivity contribution is -0.150. The Balaban J connectivity index is 0.00000116. The Morgan fingerprint density at radius 1 is 0.887 bits per heavy atom. The number of amides is 5. The second-order valence-corrected chi connectivity index (χ2v) is 14.8. The van der Waals surface area contributed by atoms with Crippen molar-refractivity contribution in [1.82, 2.24) is 21.3 Å². The smallest absolute Gasteiger partial charge is 0.326 e. The first-order chi connectivity index (χ1) is 24.7. The summed E-state index contributed by atoms with van der Waals surface area (Å²) in [5.74, 6) is -3.83. The third kappa shape index (κ3) is 20.9. The van der Waals surface area contributed by atoms with Crippen LogP contribution in [0.3, 0.4) is 0 Å². The van der Waals surface area contributed by atoms with Crippen LogP contribution in [-0.4, -0.2) is 104 Å². The predicted molar refractivity (Wildman–Crippen MR) is 199 cm³/mol. The van der Waals surface area contributed by atoms with Gasteiger partial charge in [-0.15, -0.1) is 0 Å². The largest absolute Gasteiger partial charge is 0.481 e. The molecule has 0 heterocycles. The molecule has 1 aromatic rings. The van der Waals surface area contributed by atoms with E-state index in [0.717, 1.165) is 5.69 Å². The van der Waals surface area contributed by atoms with Crippen LogP contribution in [0.5, 0.6) is 0 Å². The molecule has 1 aromatic carbocycles. The number of hydrogen-bond donors (Lipinski definition) is 10. The summed E-state index contributed by atoms with van der Waals surface area (Å²) in [5, 5.41) is 31.3. The first-order valence-corrected chi connectivity index (χ1v) is 18.4. The number of nitrogens with one attached hydrogen (secondary N) is 5. The van der Waals surface area contributed by atoms with E-state index in [1.807, 2.05) is 0 Å². The summed E-state index contributed by atoms with van der Waals surface area (Å²) in [6, 6.07) is 4.65. The van der Waals surface area contributed by atoms with E-state index in [9.17, 15) is 37.8 Å². The molecule has 53 heavy (non-hydrogen) atoms. The molecule has 4 atom stereocenters. The maximum atomic E-state index is 12.2. The highest BCUT2D eigenvalue weighted by Gasteiger charge is 2.39. The number of benzene rings is 1. The summed E-state index contributed by atoms with van der Waals surface area (Å²) in [4.78, 5) is 80.5. The Kier molecular flexibility index (Phi) is 22.4. The van der Waals surface area contributed by atoms with E-state index < -0.39 is 57.7 Å². The van der Waals surface area contributed by atoms with Crippen LogP contribution in [0.1, 0.15) is 89.9 Å². The van der Waals surface area contributed by atoms with Gasteiger partial charge >= 0.3 is 11.9 Å². The molecule has 0 fully saturated rings. The minimum absolute atomic E-state index is 0.0997. The normalized spacial score (nSPS) is 13.4. The molecule has 1 rings (SSSR count). The van der Waals surface area contributed by atoms with Gasteiger partial charge in [-0.1, -0.05) is 13.8 Å². The fraction of sp³-hybridized carbons (Fsp3) is 0.618. The highest BCUT2D eigenvalue weighted by molar-refractivity contribution is 7.79. The molecule has 19 heteroatoms. The SMILES string of the molecule is CC(CCS(=O)O)NC(=O)C(C)(C)CC(C)(C)C(=O)O.NCCNc1ccc(C(=O)NCCCC[C@H](NC(=O)CCC(NC=O)C(=O)O)C(N)=O)cc1. The van der Waals surface area contributed by atoms with Crippen molar-refractivity contribution in [2.45, 2.75) is 97.7 Å². The van der Waals surface area contributed by atoms with E-state index in [4.69, 9.17) is 26.2 Å². The Morgan fingerprint density at radius 3 is 2.02 bits per heavy atom. The van der Waals surface area contributed by atoms with Gasteiger partial charge in [0.05, 0.1) is 11.2 Å². The highest BCUT2D eigenvalue weighted by atomic mass is 32.2. The molecule has 0 bridgehead atoms. The average molecular weight is 772 g/mol. The fourth-order valence-electron chi connectivity index (χ4n) is 4.95. The van der Waals surface area contributed by atoms with Crippen molar-refractivity contribution in [3.8, 4) is 0 Å². The third-order valence-corrected chi connectivity index (χ3v) is 8.50. The predicted octanol–water partition coefficient (Wildman–Crippen LogP) is 0.537. The van der Waals surface area contributed by atoms with Gasteiger partial charge in [-0.3, -0.25) is 28.8 Å².